The number of H-pyrrole nitrogens is 1. The molecular weight excluding hydrogens is 490 g/mol. The first-order chi connectivity index (χ1) is 13.5. The van der Waals surface area contributed by atoms with E-state index in [2.05, 4.69) is 20.6 Å². The first-order valence-electron chi connectivity index (χ1n) is 8.89. The van der Waals surface area contributed by atoms with Crippen LogP contribution in [0.5, 0.6) is 0 Å². The Hall–Kier alpha value is -2.56. The van der Waals surface area contributed by atoms with Crippen LogP contribution >= 0.6 is 24.0 Å². The Morgan fingerprint density at radius 1 is 1.31 bits per heavy atom. The molecule has 7 nitrogen and oxygen atoms in total. The number of aryl methyl sites for hydroxylation is 1. The number of nitrogens with zero attached hydrogens (tertiary/aromatic N) is 1. The molecule has 0 aliphatic heterocycles. The van der Waals surface area contributed by atoms with Crippen LogP contribution in [0.2, 0.25) is 0 Å². The zero-order valence-electron chi connectivity index (χ0n) is 16.5. The fraction of sp³-hybridized carbons (Fsp3) is 0.300. The first-order valence-corrected chi connectivity index (χ1v) is 8.89. The summed E-state index contributed by atoms with van der Waals surface area (Å²) >= 11 is 0. The first kappa shape index (κ1) is 22.7. The molecule has 0 fully saturated rings. The summed E-state index contributed by atoms with van der Waals surface area (Å²) in [4.78, 5) is 18.9. The van der Waals surface area contributed by atoms with Gasteiger partial charge < -0.3 is 24.8 Å². The highest BCUT2D eigenvalue weighted by molar-refractivity contribution is 14.0. The van der Waals surface area contributed by atoms with E-state index in [9.17, 15) is 9.18 Å². The number of methoxy groups -OCH3 is 1. The van der Waals surface area contributed by atoms with Gasteiger partial charge in [0.05, 0.1) is 13.7 Å². The van der Waals surface area contributed by atoms with Gasteiger partial charge in [0.15, 0.2) is 5.96 Å². The molecule has 0 bridgehead atoms. The molecule has 0 aliphatic carbocycles. The Morgan fingerprint density at radius 2 is 2.10 bits per heavy atom. The quantitative estimate of drug-likeness (QED) is 0.203. The van der Waals surface area contributed by atoms with Gasteiger partial charge in [-0.1, -0.05) is 0 Å². The standard InChI is InChI=1S/C20H23FN4O3.HI/c1-12-17(19(26)27-3)9-15(28-12)11-25-20(22-2)23-7-6-13-10-24-18-8-14(21)4-5-16(13)18;/h4-5,8-10,24H,6-7,11H2,1-3H3,(H2,22,23,25);1H. The molecule has 0 atom stereocenters. The summed E-state index contributed by atoms with van der Waals surface area (Å²) in [5.41, 5.74) is 2.30. The van der Waals surface area contributed by atoms with Gasteiger partial charge in [0.2, 0.25) is 0 Å². The van der Waals surface area contributed by atoms with Crippen molar-refractivity contribution >= 4 is 46.8 Å². The summed E-state index contributed by atoms with van der Waals surface area (Å²) in [7, 11) is 3.01. The van der Waals surface area contributed by atoms with Crippen molar-refractivity contribution in [1.29, 1.82) is 0 Å². The average molecular weight is 514 g/mol. The number of aromatic amines is 1. The zero-order valence-corrected chi connectivity index (χ0v) is 18.8. The fourth-order valence-electron chi connectivity index (χ4n) is 3.02. The van der Waals surface area contributed by atoms with Crippen LogP contribution in [0.4, 0.5) is 4.39 Å². The Balaban J connectivity index is 0.00000300. The number of nitrogens with one attached hydrogen (secondary N) is 3. The number of fused-ring (bicyclic) bond motifs is 1. The van der Waals surface area contributed by atoms with E-state index < -0.39 is 5.97 Å². The molecule has 0 saturated carbocycles. The molecule has 0 amide bonds. The number of rotatable bonds is 6. The largest absolute Gasteiger partial charge is 0.465 e. The number of ether oxygens (including phenoxy) is 1. The minimum atomic E-state index is -0.423. The Labute approximate surface area is 185 Å². The van der Waals surface area contributed by atoms with E-state index in [1.807, 2.05) is 6.20 Å². The number of hydrogen-bond donors (Lipinski definition) is 3. The predicted molar refractivity (Wildman–Crippen MR) is 120 cm³/mol. The van der Waals surface area contributed by atoms with E-state index in [-0.39, 0.29) is 29.8 Å². The van der Waals surface area contributed by atoms with Gasteiger partial charge in [-0.05, 0) is 43.2 Å². The summed E-state index contributed by atoms with van der Waals surface area (Å²) in [6.45, 7) is 2.74. The minimum Gasteiger partial charge on any atom is -0.465 e. The Bertz CT molecular complexity index is 1010. The number of furan rings is 1. The lowest BCUT2D eigenvalue weighted by Gasteiger charge is -2.10. The number of carbonyl (C=O) groups excluding carboxylic acids is 1. The summed E-state index contributed by atoms with van der Waals surface area (Å²) in [6, 6.07) is 6.39. The van der Waals surface area contributed by atoms with E-state index in [1.54, 1.807) is 26.1 Å². The molecule has 9 heteroatoms. The molecule has 0 unspecified atom stereocenters. The SMILES string of the molecule is CN=C(NCCc1c[nH]c2cc(F)ccc12)NCc1cc(C(=O)OC)c(C)o1.I. The molecule has 0 radical (unpaired) electrons. The van der Waals surface area contributed by atoms with Crippen LogP contribution < -0.4 is 10.6 Å². The third-order valence-electron chi connectivity index (χ3n) is 4.44. The van der Waals surface area contributed by atoms with E-state index in [0.717, 1.165) is 22.9 Å². The highest BCUT2D eigenvalue weighted by Gasteiger charge is 2.15. The van der Waals surface area contributed by atoms with Crippen molar-refractivity contribution in [1.82, 2.24) is 15.6 Å². The smallest absolute Gasteiger partial charge is 0.341 e. The number of esters is 1. The third-order valence-corrected chi connectivity index (χ3v) is 4.44. The summed E-state index contributed by atoms with van der Waals surface area (Å²) in [6.07, 6.45) is 2.64. The van der Waals surface area contributed by atoms with Gasteiger partial charge in [0, 0.05) is 30.7 Å². The van der Waals surface area contributed by atoms with Crippen LogP contribution in [0.25, 0.3) is 10.9 Å². The van der Waals surface area contributed by atoms with Crippen molar-refractivity contribution in [3.63, 3.8) is 0 Å². The van der Waals surface area contributed by atoms with Crippen molar-refractivity contribution in [3.8, 4) is 0 Å². The highest BCUT2D eigenvalue weighted by atomic mass is 127. The zero-order chi connectivity index (χ0) is 20.1. The number of benzene rings is 1. The monoisotopic (exact) mass is 514 g/mol. The minimum absolute atomic E-state index is 0. The van der Waals surface area contributed by atoms with Gasteiger partial charge in [-0.2, -0.15) is 0 Å². The molecule has 1 aromatic carbocycles. The third kappa shape index (κ3) is 5.49. The van der Waals surface area contributed by atoms with Gasteiger partial charge in [-0.25, -0.2) is 9.18 Å². The molecule has 3 aromatic rings. The Morgan fingerprint density at radius 3 is 2.83 bits per heavy atom. The van der Waals surface area contributed by atoms with Crippen LogP contribution in [0.1, 0.15) is 27.4 Å². The van der Waals surface area contributed by atoms with E-state index in [1.165, 1.54) is 19.2 Å². The normalized spacial score (nSPS) is 11.2. The van der Waals surface area contributed by atoms with Crippen LogP contribution in [0, 0.1) is 12.7 Å². The number of halogens is 2. The number of aliphatic imine (C=N–C) groups is 1. The maximum Gasteiger partial charge on any atom is 0.341 e. The molecule has 2 heterocycles. The van der Waals surface area contributed by atoms with Gasteiger partial charge in [0.1, 0.15) is 22.9 Å². The van der Waals surface area contributed by atoms with Crippen molar-refractivity contribution in [2.24, 2.45) is 4.99 Å². The fourth-order valence-corrected chi connectivity index (χ4v) is 3.02. The van der Waals surface area contributed by atoms with Crippen LogP contribution in [-0.4, -0.2) is 37.6 Å². The Kier molecular flexibility index (Phi) is 8.06. The maximum absolute atomic E-state index is 13.3. The van der Waals surface area contributed by atoms with Crippen molar-refractivity contribution in [2.45, 2.75) is 19.9 Å². The number of guanidine groups is 1. The van der Waals surface area contributed by atoms with Gasteiger partial charge in [-0.15, -0.1) is 24.0 Å². The summed E-state index contributed by atoms with van der Waals surface area (Å²) in [5, 5.41) is 7.38. The van der Waals surface area contributed by atoms with Crippen molar-refractivity contribution < 1.29 is 18.3 Å². The topological polar surface area (TPSA) is 91.7 Å². The molecule has 2 aromatic heterocycles. The molecule has 0 saturated heterocycles. The molecule has 156 valence electrons. The number of aromatic nitrogens is 1. The second-order valence-electron chi connectivity index (χ2n) is 6.28. The van der Waals surface area contributed by atoms with Crippen molar-refractivity contribution in [3.05, 3.63) is 58.9 Å². The molecule has 0 spiro atoms. The van der Waals surface area contributed by atoms with E-state index in [4.69, 9.17) is 9.15 Å². The molecule has 29 heavy (non-hydrogen) atoms. The average Bonchev–Trinajstić information content (AvgIpc) is 3.26. The lowest BCUT2D eigenvalue weighted by atomic mass is 10.1. The van der Waals surface area contributed by atoms with Gasteiger partial charge in [-0.3, -0.25) is 4.99 Å². The maximum atomic E-state index is 13.3. The predicted octanol–water partition coefficient (Wildman–Crippen LogP) is 3.52. The lowest BCUT2D eigenvalue weighted by Crippen LogP contribution is -2.37. The molecule has 0 aliphatic rings. The second kappa shape index (κ2) is 10.3. The van der Waals surface area contributed by atoms with Crippen molar-refractivity contribution in [2.75, 3.05) is 20.7 Å². The molecule has 3 N–H and O–H groups in total. The van der Waals surface area contributed by atoms with E-state index in [0.29, 0.717) is 36.1 Å². The second-order valence-corrected chi connectivity index (χ2v) is 6.28. The van der Waals surface area contributed by atoms with Gasteiger partial charge >= 0.3 is 5.97 Å². The number of carbonyl (C=O) groups is 1. The summed E-state index contributed by atoms with van der Waals surface area (Å²) < 4.78 is 23.6. The number of hydrogen-bond acceptors (Lipinski definition) is 4. The lowest BCUT2D eigenvalue weighted by molar-refractivity contribution is 0.0599. The molecule has 3 rings (SSSR count). The van der Waals surface area contributed by atoms with Crippen LogP contribution in [-0.2, 0) is 17.7 Å². The van der Waals surface area contributed by atoms with Crippen LogP contribution in [0.3, 0.4) is 0 Å². The molecular formula is C20H24FIN4O3. The van der Waals surface area contributed by atoms with Crippen LogP contribution in [0.15, 0.2) is 39.9 Å². The summed E-state index contributed by atoms with van der Waals surface area (Å²) in [5.74, 6) is 1.06. The highest BCUT2D eigenvalue weighted by Crippen LogP contribution is 2.19. The van der Waals surface area contributed by atoms with Gasteiger partial charge in [0.25, 0.3) is 0 Å². The van der Waals surface area contributed by atoms with E-state index >= 15 is 0 Å².